The van der Waals surface area contributed by atoms with E-state index in [9.17, 15) is 0 Å². The Hall–Kier alpha value is -1.18. The van der Waals surface area contributed by atoms with Crippen molar-refractivity contribution in [2.45, 2.75) is 19.8 Å². The molecule has 2 N–H and O–H groups in total. The zero-order valence-corrected chi connectivity index (χ0v) is 8.30. The SMILES string of the molecule is Cc1cc2c(cc1N)N(C)CCC2. The molecule has 70 valence electrons. The maximum absolute atomic E-state index is 5.88. The summed E-state index contributed by atoms with van der Waals surface area (Å²) in [6, 6.07) is 4.32. The van der Waals surface area contributed by atoms with Crippen LogP contribution in [0.5, 0.6) is 0 Å². The molecule has 0 bridgehead atoms. The summed E-state index contributed by atoms with van der Waals surface area (Å²) in [6.45, 7) is 3.22. The van der Waals surface area contributed by atoms with E-state index in [1.807, 2.05) is 0 Å². The Morgan fingerprint density at radius 1 is 1.38 bits per heavy atom. The highest BCUT2D eigenvalue weighted by atomic mass is 15.1. The van der Waals surface area contributed by atoms with Gasteiger partial charge in [-0.25, -0.2) is 0 Å². The number of fused-ring (bicyclic) bond motifs is 1. The molecule has 1 heterocycles. The van der Waals surface area contributed by atoms with Crippen LogP contribution in [0.2, 0.25) is 0 Å². The Labute approximate surface area is 79.4 Å². The van der Waals surface area contributed by atoms with E-state index in [2.05, 4.69) is 31.0 Å². The van der Waals surface area contributed by atoms with E-state index in [1.54, 1.807) is 0 Å². The maximum atomic E-state index is 5.88. The van der Waals surface area contributed by atoms with Crippen molar-refractivity contribution in [1.29, 1.82) is 0 Å². The van der Waals surface area contributed by atoms with Gasteiger partial charge >= 0.3 is 0 Å². The predicted molar refractivity (Wildman–Crippen MR) is 57.2 cm³/mol. The maximum Gasteiger partial charge on any atom is 0.0417 e. The summed E-state index contributed by atoms with van der Waals surface area (Å²) in [4.78, 5) is 2.29. The molecule has 0 amide bonds. The lowest BCUT2D eigenvalue weighted by Gasteiger charge is -2.28. The number of rotatable bonds is 0. The Morgan fingerprint density at radius 3 is 2.92 bits per heavy atom. The molecule has 1 aliphatic heterocycles. The monoisotopic (exact) mass is 176 g/mol. The Morgan fingerprint density at radius 2 is 2.15 bits per heavy atom. The van der Waals surface area contributed by atoms with Crippen LogP contribution < -0.4 is 10.6 Å². The van der Waals surface area contributed by atoms with Gasteiger partial charge in [-0.3, -0.25) is 0 Å². The van der Waals surface area contributed by atoms with Gasteiger partial charge in [0.2, 0.25) is 0 Å². The van der Waals surface area contributed by atoms with Gasteiger partial charge in [-0.2, -0.15) is 0 Å². The third kappa shape index (κ3) is 1.37. The highest BCUT2D eigenvalue weighted by Crippen LogP contribution is 2.29. The number of nitrogens with two attached hydrogens (primary N) is 1. The summed E-state index contributed by atoms with van der Waals surface area (Å²) in [5, 5.41) is 0. The molecule has 0 unspecified atom stereocenters. The first-order chi connectivity index (χ1) is 6.18. The number of hydrogen-bond donors (Lipinski definition) is 1. The molecule has 0 radical (unpaired) electrons. The quantitative estimate of drug-likeness (QED) is 0.612. The first kappa shape index (κ1) is 8.42. The predicted octanol–water partition coefficient (Wildman–Crippen LogP) is 1.96. The van der Waals surface area contributed by atoms with E-state index in [0.717, 1.165) is 12.2 Å². The van der Waals surface area contributed by atoms with Crippen LogP contribution in [0.25, 0.3) is 0 Å². The first-order valence-electron chi connectivity index (χ1n) is 4.78. The Bertz CT molecular complexity index is 331. The van der Waals surface area contributed by atoms with E-state index in [1.165, 1.54) is 29.7 Å². The molecule has 1 aromatic carbocycles. The Balaban J connectivity index is 2.52. The molecule has 0 saturated carbocycles. The zero-order chi connectivity index (χ0) is 9.42. The van der Waals surface area contributed by atoms with Crippen molar-refractivity contribution in [2.24, 2.45) is 0 Å². The van der Waals surface area contributed by atoms with Gasteiger partial charge in [0.15, 0.2) is 0 Å². The number of nitrogen functional groups attached to an aromatic ring is 1. The first-order valence-corrected chi connectivity index (χ1v) is 4.78. The fourth-order valence-corrected chi connectivity index (χ4v) is 1.96. The smallest absolute Gasteiger partial charge is 0.0417 e. The molecule has 2 nitrogen and oxygen atoms in total. The van der Waals surface area contributed by atoms with E-state index in [4.69, 9.17) is 5.73 Å². The van der Waals surface area contributed by atoms with Crippen LogP contribution in [0.1, 0.15) is 17.5 Å². The fourth-order valence-electron chi connectivity index (χ4n) is 1.96. The molecule has 13 heavy (non-hydrogen) atoms. The number of nitrogens with zero attached hydrogens (tertiary/aromatic N) is 1. The average molecular weight is 176 g/mol. The second-order valence-corrected chi connectivity index (χ2v) is 3.86. The molecule has 1 aromatic rings. The number of aryl methyl sites for hydroxylation is 2. The van der Waals surface area contributed by atoms with Crippen molar-refractivity contribution in [2.75, 3.05) is 24.2 Å². The van der Waals surface area contributed by atoms with Gasteiger partial charge in [0, 0.05) is 25.0 Å². The van der Waals surface area contributed by atoms with Crippen molar-refractivity contribution in [3.8, 4) is 0 Å². The largest absolute Gasteiger partial charge is 0.398 e. The van der Waals surface area contributed by atoms with Crippen LogP contribution in [-0.4, -0.2) is 13.6 Å². The second kappa shape index (κ2) is 2.95. The van der Waals surface area contributed by atoms with Gasteiger partial charge in [0.1, 0.15) is 0 Å². The standard InChI is InChI=1S/C11H16N2/c1-8-6-9-4-3-5-13(2)11(9)7-10(8)12/h6-7H,3-5,12H2,1-2H3. The molecule has 1 aliphatic rings. The number of benzene rings is 1. The van der Waals surface area contributed by atoms with Crippen molar-refractivity contribution >= 4 is 11.4 Å². The van der Waals surface area contributed by atoms with Crippen LogP contribution in [0.4, 0.5) is 11.4 Å². The van der Waals surface area contributed by atoms with Gasteiger partial charge in [-0.1, -0.05) is 6.07 Å². The minimum absolute atomic E-state index is 0.910. The van der Waals surface area contributed by atoms with Crippen LogP contribution in [0, 0.1) is 6.92 Å². The topological polar surface area (TPSA) is 29.3 Å². The van der Waals surface area contributed by atoms with Gasteiger partial charge in [0.25, 0.3) is 0 Å². The number of hydrogen-bond acceptors (Lipinski definition) is 2. The second-order valence-electron chi connectivity index (χ2n) is 3.86. The summed E-state index contributed by atoms with van der Waals surface area (Å²) in [5.74, 6) is 0. The van der Waals surface area contributed by atoms with Crippen LogP contribution in [-0.2, 0) is 6.42 Å². The van der Waals surface area contributed by atoms with Gasteiger partial charge in [-0.15, -0.1) is 0 Å². The fraction of sp³-hybridized carbons (Fsp3) is 0.455. The van der Waals surface area contributed by atoms with Crippen molar-refractivity contribution in [3.05, 3.63) is 23.3 Å². The van der Waals surface area contributed by atoms with Crippen LogP contribution in [0.15, 0.2) is 12.1 Å². The summed E-state index contributed by atoms with van der Waals surface area (Å²) in [7, 11) is 2.13. The highest BCUT2D eigenvalue weighted by molar-refractivity contribution is 5.65. The Kier molecular flexibility index (Phi) is 1.91. The number of anilines is 2. The van der Waals surface area contributed by atoms with E-state index < -0.39 is 0 Å². The van der Waals surface area contributed by atoms with Gasteiger partial charge < -0.3 is 10.6 Å². The van der Waals surface area contributed by atoms with E-state index >= 15 is 0 Å². The van der Waals surface area contributed by atoms with Crippen LogP contribution in [0.3, 0.4) is 0 Å². The lowest BCUT2D eigenvalue weighted by Crippen LogP contribution is -2.24. The molecular formula is C11H16N2. The highest BCUT2D eigenvalue weighted by Gasteiger charge is 2.14. The molecule has 2 heteroatoms. The summed E-state index contributed by atoms with van der Waals surface area (Å²) >= 11 is 0. The van der Waals surface area contributed by atoms with Crippen molar-refractivity contribution in [1.82, 2.24) is 0 Å². The molecule has 0 saturated heterocycles. The average Bonchev–Trinajstić information content (AvgIpc) is 2.09. The lowest BCUT2D eigenvalue weighted by molar-refractivity contribution is 0.744. The third-order valence-electron chi connectivity index (χ3n) is 2.82. The lowest BCUT2D eigenvalue weighted by atomic mass is 9.99. The zero-order valence-electron chi connectivity index (χ0n) is 8.30. The minimum atomic E-state index is 0.910. The van der Waals surface area contributed by atoms with Gasteiger partial charge in [-0.05, 0) is 37.0 Å². The molecule has 2 rings (SSSR count). The minimum Gasteiger partial charge on any atom is -0.398 e. The third-order valence-corrected chi connectivity index (χ3v) is 2.82. The van der Waals surface area contributed by atoms with E-state index in [-0.39, 0.29) is 0 Å². The van der Waals surface area contributed by atoms with Crippen molar-refractivity contribution in [3.63, 3.8) is 0 Å². The molecule has 0 fully saturated rings. The summed E-state index contributed by atoms with van der Waals surface area (Å²) in [6.07, 6.45) is 2.45. The summed E-state index contributed by atoms with van der Waals surface area (Å²) in [5.41, 5.74) is 10.8. The molecule has 0 aromatic heterocycles. The molecule has 0 aliphatic carbocycles. The van der Waals surface area contributed by atoms with E-state index in [0.29, 0.717) is 0 Å². The summed E-state index contributed by atoms with van der Waals surface area (Å²) < 4.78 is 0. The normalized spacial score (nSPS) is 15.7. The molecular weight excluding hydrogens is 160 g/mol. The van der Waals surface area contributed by atoms with Gasteiger partial charge in [0.05, 0.1) is 0 Å². The van der Waals surface area contributed by atoms with Crippen molar-refractivity contribution < 1.29 is 0 Å². The molecule has 0 spiro atoms. The van der Waals surface area contributed by atoms with Crippen LogP contribution >= 0.6 is 0 Å². The molecule has 0 atom stereocenters.